The number of esters is 1. The molecule has 4 aliphatic carbocycles. The Kier molecular flexibility index (Phi) is 6.33. The average Bonchev–Trinajstić information content (AvgIpc) is 3.02. The highest BCUT2D eigenvalue weighted by molar-refractivity contribution is 5.66. The van der Waals surface area contributed by atoms with E-state index in [1.54, 1.807) is 12.5 Å². The van der Waals surface area contributed by atoms with Gasteiger partial charge >= 0.3 is 5.97 Å². The lowest BCUT2D eigenvalue weighted by atomic mass is 9.43. The van der Waals surface area contributed by atoms with Crippen LogP contribution in [0.15, 0.2) is 11.1 Å². The zero-order valence-corrected chi connectivity index (χ0v) is 22.4. The average molecular weight is 454 g/mol. The molecular weight excluding hydrogens is 406 g/mol. The second-order valence-electron chi connectivity index (χ2n) is 13.3. The molecule has 2 saturated carbocycles. The van der Waals surface area contributed by atoms with Gasteiger partial charge in [0, 0.05) is 18.8 Å². The molecule has 3 heteroatoms. The zero-order chi connectivity index (χ0) is 24.2. The monoisotopic (exact) mass is 453 g/mol. The van der Waals surface area contributed by atoms with Gasteiger partial charge < -0.3 is 4.74 Å². The van der Waals surface area contributed by atoms with Gasteiger partial charge in [-0.3, -0.25) is 4.79 Å². The highest BCUT2D eigenvalue weighted by Gasteiger charge is 2.63. The van der Waals surface area contributed by atoms with Crippen LogP contribution >= 0.6 is 0 Å². The topological polar surface area (TPSA) is 50.1 Å². The van der Waals surface area contributed by atoms with E-state index < -0.39 is 0 Å². The molecule has 4 aliphatic rings. The van der Waals surface area contributed by atoms with Gasteiger partial charge in [-0.05, 0) is 98.2 Å². The Balaban J connectivity index is 1.64. The van der Waals surface area contributed by atoms with Gasteiger partial charge in [-0.2, -0.15) is 5.26 Å². The first-order valence-corrected chi connectivity index (χ1v) is 13.7. The highest BCUT2D eigenvalue weighted by Crippen LogP contribution is 2.72. The van der Waals surface area contributed by atoms with Crippen molar-refractivity contribution in [3.05, 3.63) is 11.1 Å². The predicted molar refractivity (Wildman–Crippen MR) is 133 cm³/mol. The van der Waals surface area contributed by atoms with Gasteiger partial charge in [0.05, 0.1) is 6.07 Å². The Morgan fingerprint density at radius 2 is 1.79 bits per heavy atom. The van der Waals surface area contributed by atoms with E-state index in [1.165, 1.54) is 44.9 Å². The van der Waals surface area contributed by atoms with Gasteiger partial charge in [0.15, 0.2) is 0 Å². The summed E-state index contributed by atoms with van der Waals surface area (Å²) in [6.07, 6.45) is 12.8. The maximum atomic E-state index is 11.8. The van der Waals surface area contributed by atoms with Crippen molar-refractivity contribution in [1.82, 2.24) is 0 Å². The van der Waals surface area contributed by atoms with Gasteiger partial charge in [-0.15, -0.1) is 0 Å². The Hall–Kier alpha value is -1.30. The fourth-order valence-corrected chi connectivity index (χ4v) is 9.73. The zero-order valence-electron chi connectivity index (χ0n) is 22.4. The van der Waals surface area contributed by atoms with Crippen molar-refractivity contribution >= 4 is 5.97 Å². The number of carbonyl (C=O) groups is 1. The minimum Gasteiger partial charge on any atom is -0.462 e. The van der Waals surface area contributed by atoms with E-state index in [0.717, 1.165) is 25.2 Å². The lowest BCUT2D eigenvalue weighted by Gasteiger charge is -2.62. The predicted octanol–water partition coefficient (Wildman–Crippen LogP) is 8.00. The number of nitriles is 1. The molecule has 0 bridgehead atoms. The number of nitrogens with zero attached hydrogens (tertiary/aromatic N) is 1. The molecule has 0 heterocycles. The van der Waals surface area contributed by atoms with Crippen molar-refractivity contribution < 1.29 is 9.53 Å². The Labute approximate surface area is 202 Å². The van der Waals surface area contributed by atoms with Crippen molar-refractivity contribution in [2.24, 2.45) is 39.4 Å². The van der Waals surface area contributed by atoms with Crippen LogP contribution in [0.1, 0.15) is 119 Å². The minimum atomic E-state index is -0.130. The van der Waals surface area contributed by atoms with Crippen LogP contribution < -0.4 is 0 Å². The Bertz CT molecular complexity index is 865. The van der Waals surface area contributed by atoms with E-state index in [9.17, 15) is 4.79 Å². The van der Waals surface area contributed by atoms with Gasteiger partial charge in [0.25, 0.3) is 0 Å². The highest BCUT2D eigenvalue weighted by atomic mass is 16.5. The summed E-state index contributed by atoms with van der Waals surface area (Å²) in [7, 11) is 0. The van der Waals surface area contributed by atoms with Gasteiger partial charge in [0.2, 0.25) is 0 Å². The largest absolute Gasteiger partial charge is 0.462 e. The summed E-state index contributed by atoms with van der Waals surface area (Å²) in [6.45, 7) is 16.5. The van der Waals surface area contributed by atoms with Crippen LogP contribution in [0.25, 0.3) is 0 Å². The number of carbonyl (C=O) groups excluding carboxylic acids is 1. The number of hydrogen-bond donors (Lipinski definition) is 0. The van der Waals surface area contributed by atoms with Crippen molar-refractivity contribution in [3.8, 4) is 6.07 Å². The molecule has 0 saturated heterocycles. The van der Waals surface area contributed by atoms with Crippen molar-refractivity contribution in [2.45, 2.75) is 125 Å². The second kappa shape index (κ2) is 8.42. The van der Waals surface area contributed by atoms with Crippen molar-refractivity contribution in [1.29, 1.82) is 5.26 Å². The molecule has 0 amide bonds. The second-order valence-corrected chi connectivity index (χ2v) is 13.3. The quantitative estimate of drug-likeness (QED) is 0.241. The third-order valence-corrected chi connectivity index (χ3v) is 11.7. The number of fused-ring (bicyclic) bond motifs is 4. The third-order valence-electron chi connectivity index (χ3n) is 11.7. The first-order valence-electron chi connectivity index (χ1n) is 13.7. The van der Waals surface area contributed by atoms with Gasteiger partial charge in [-0.25, -0.2) is 0 Å². The summed E-state index contributed by atoms with van der Waals surface area (Å²) >= 11 is 0. The molecule has 0 unspecified atom stereocenters. The van der Waals surface area contributed by atoms with Crippen LogP contribution in [-0.2, 0) is 9.53 Å². The molecule has 0 aromatic carbocycles. The molecular formula is C30H47NO2. The lowest BCUT2D eigenvalue weighted by molar-refractivity contribution is -0.167. The first kappa shape index (κ1) is 24.8. The number of unbranched alkanes of at least 4 members (excludes halogenated alkanes) is 1. The van der Waals surface area contributed by atoms with Crippen LogP contribution in [0.3, 0.4) is 0 Å². The molecule has 184 valence electrons. The summed E-state index contributed by atoms with van der Waals surface area (Å²) in [6, 6.07) is 2.34. The molecule has 4 rings (SSSR count). The molecule has 0 radical (unpaired) electrons. The Morgan fingerprint density at radius 1 is 1.06 bits per heavy atom. The van der Waals surface area contributed by atoms with Crippen molar-refractivity contribution in [3.63, 3.8) is 0 Å². The van der Waals surface area contributed by atoms with Crippen LogP contribution in [-0.4, -0.2) is 12.1 Å². The molecule has 0 aromatic heterocycles. The SMILES string of the molecule is CC(=O)O[C@H]1CC[C@]2(C)C3=C(CC[C@H]2C1(C)C)[C@]1(C)CC[C@H]([C@H](C)CCCC#N)[C@@]1(C)CC3. The van der Waals surface area contributed by atoms with Crippen LogP contribution in [0, 0.1) is 50.7 Å². The number of ether oxygens (including phenoxy) is 1. The number of allylic oxidation sites excluding steroid dienone is 2. The molecule has 3 nitrogen and oxygen atoms in total. The summed E-state index contributed by atoms with van der Waals surface area (Å²) in [5, 5.41) is 8.99. The fourth-order valence-electron chi connectivity index (χ4n) is 9.73. The molecule has 0 aliphatic heterocycles. The number of rotatable bonds is 5. The minimum absolute atomic E-state index is 0.0202. The molecule has 7 atom stereocenters. The van der Waals surface area contributed by atoms with Gasteiger partial charge in [0.1, 0.15) is 6.10 Å². The van der Waals surface area contributed by atoms with Crippen LogP contribution in [0.4, 0.5) is 0 Å². The van der Waals surface area contributed by atoms with E-state index in [0.29, 0.717) is 29.1 Å². The summed E-state index contributed by atoms with van der Waals surface area (Å²) < 4.78 is 5.85. The first-order chi connectivity index (χ1) is 15.4. The van der Waals surface area contributed by atoms with Crippen LogP contribution in [0.2, 0.25) is 0 Å². The van der Waals surface area contributed by atoms with E-state index in [2.05, 4.69) is 47.6 Å². The number of hydrogen-bond acceptors (Lipinski definition) is 3. The van der Waals surface area contributed by atoms with Gasteiger partial charge in [-0.1, -0.05) is 52.7 Å². The standard InChI is InChI=1S/C30H47NO2/c1-20(10-8-9-19-31)22-13-17-30(7)24-11-12-25-27(3,4)26(33-21(2)32)15-16-28(25,5)23(24)14-18-29(22,30)6/h20,22,25-26H,8-18H2,1-7H3/t20-,22-,25+,26+,28-,29-,30+/m1/s1. The summed E-state index contributed by atoms with van der Waals surface area (Å²) in [5.41, 5.74) is 4.58. The fraction of sp³-hybridized carbons (Fsp3) is 0.867. The lowest BCUT2D eigenvalue weighted by Crippen LogP contribution is -2.55. The molecule has 33 heavy (non-hydrogen) atoms. The Morgan fingerprint density at radius 3 is 2.45 bits per heavy atom. The van der Waals surface area contributed by atoms with Crippen LogP contribution in [0.5, 0.6) is 0 Å². The molecule has 0 N–H and O–H groups in total. The van der Waals surface area contributed by atoms with Crippen molar-refractivity contribution in [2.75, 3.05) is 0 Å². The summed E-state index contributed by atoms with van der Waals surface area (Å²) in [5.74, 6) is 1.93. The van der Waals surface area contributed by atoms with E-state index in [-0.39, 0.29) is 22.9 Å². The molecule has 0 aromatic rings. The third kappa shape index (κ3) is 3.61. The van der Waals surface area contributed by atoms with E-state index in [1.807, 2.05) is 5.57 Å². The summed E-state index contributed by atoms with van der Waals surface area (Å²) in [4.78, 5) is 11.8. The molecule has 0 spiro atoms. The normalized spacial score (nSPS) is 42.5. The maximum Gasteiger partial charge on any atom is 0.302 e. The van der Waals surface area contributed by atoms with E-state index in [4.69, 9.17) is 10.00 Å². The molecule has 2 fully saturated rings. The van der Waals surface area contributed by atoms with E-state index >= 15 is 0 Å². The maximum absolute atomic E-state index is 11.8. The smallest absolute Gasteiger partial charge is 0.302 e.